The fraction of sp³-hybridized carbons (Fsp3) is 0.727. The standard InChI is InChI=1S/C11H17IN2O/c1-7-11(12)8(2)14(13-7)9-3-5-10(15)6-4-9/h9-10,15H,3-6H2,1-2H3. The minimum atomic E-state index is -0.0858. The number of aliphatic hydroxyl groups is 1. The quantitative estimate of drug-likeness (QED) is 0.808. The monoisotopic (exact) mass is 320 g/mol. The Hall–Kier alpha value is -0.100. The number of aryl methyl sites for hydroxylation is 1. The number of nitrogens with zero attached hydrogens (tertiary/aromatic N) is 2. The molecule has 1 aromatic rings. The Bertz CT molecular complexity index is 354. The second kappa shape index (κ2) is 4.41. The fourth-order valence-corrected chi connectivity index (χ4v) is 2.66. The summed E-state index contributed by atoms with van der Waals surface area (Å²) in [6.45, 7) is 4.19. The van der Waals surface area contributed by atoms with Crippen LogP contribution in [0.3, 0.4) is 0 Å². The summed E-state index contributed by atoms with van der Waals surface area (Å²) < 4.78 is 3.43. The summed E-state index contributed by atoms with van der Waals surface area (Å²) in [4.78, 5) is 0. The van der Waals surface area contributed by atoms with Crippen molar-refractivity contribution in [1.82, 2.24) is 9.78 Å². The number of rotatable bonds is 1. The van der Waals surface area contributed by atoms with E-state index in [1.807, 2.05) is 0 Å². The van der Waals surface area contributed by atoms with Crippen molar-refractivity contribution in [3.63, 3.8) is 0 Å². The first-order valence-corrected chi connectivity index (χ1v) is 6.56. The topological polar surface area (TPSA) is 38.0 Å². The molecule has 1 aromatic heterocycles. The van der Waals surface area contributed by atoms with Gasteiger partial charge in [0.15, 0.2) is 0 Å². The fourth-order valence-electron chi connectivity index (χ4n) is 2.30. The number of aliphatic hydroxyl groups excluding tert-OH is 1. The molecule has 0 unspecified atom stereocenters. The van der Waals surface area contributed by atoms with Crippen molar-refractivity contribution in [2.24, 2.45) is 0 Å². The molecule has 1 aliphatic rings. The van der Waals surface area contributed by atoms with Crippen LogP contribution < -0.4 is 0 Å². The molecule has 3 nitrogen and oxygen atoms in total. The maximum Gasteiger partial charge on any atom is 0.0730 e. The first kappa shape index (κ1) is 11.4. The average molecular weight is 320 g/mol. The molecule has 0 saturated heterocycles. The molecule has 1 fully saturated rings. The normalized spacial score (nSPS) is 26.9. The molecule has 0 radical (unpaired) electrons. The first-order valence-electron chi connectivity index (χ1n) is 5.49. The minimum Gasteiger partial charge on any atom is -0.393 e. The number of aromatic nitrogens is 2. The van der Waals surface area contributed by atoms with Crippen LogP contribution in [0.4, 0.5) is 0 Å². The van der Waals surface area contributed by atoms with Gasteiger partial charge in [0.05, 0.1) is 21.4 Å². The molecule has 1 N–H and O–H groups in total. The maximum absolute atomic E-state index is 9.47. The van der Waals surface area contributed by atoms with E-state index in [0.29, 0.717) is 6.04 Å². The van der Waals surface area contributed by atoms with Gasteiger partial charge in [0, 0.05) is 5.69 Å². The van der Waals surface area contributed by atoms with E-state index >= 15 is 0 Å². The zero-order chi connectivity index (χ0) is 11.0. The average Bonchev–Trinajstić information content (AvgIpc) is 2.47. The molecule has 0 aromatic carbocycles. The van der Waals surface area contributed by atoms with Crippen LogP contribution in [0.5, 0.6) is 0 Å². The van der Waals surface area contributed by atoms with E-state index in [2.05, 4.69) is 46.2 Å². The number of halogens is 1. The van der Waals surface area contributed by atoms with Crippen LogP contribution in [0.25, 0.3) is 0 Å². The van der Waals surface area contributed by atoms with Gasteiger partial charge in [-0.15, -0.1) is 0 Å². The minimum absolute atomic E-state index is 0.0858. The molecular formula is C11H17IN2O. The zero-order valence-electron chi connectivity index (χ0n) is 9.20. The van der Waals surface area contributed by atoms with E-state index in [1.165, 1.54) is 9.26 Å². The van der Waals surface area contributed by atoms with Crippen LogP contribution in [0, 0.1) is 17.4 Å². The molecule has 0 aliphatic heterocycles. The summed E-state index contributed by atoms with van der Waals surface area (Å²) >= 11 is 2.36. The highest BCUT2D eigenvalue weighted by atomic mass is 127. The Morgan fingerprint density at radius 3 is 2.33 bits per heavy atom. The third kappa shape index (κ3) is 2.20. The lowest BCUT2D eigenvalue weighted by Gasteiger charge is -2.26. The lowest BCUT2D eigenvalue weighted by Crippen LogP contribution is -2.22. The Labute approximate surface area is 104 Å². The summed E-state index contributed by atoms with van der Waals surface area (Å²) in [5, 5.41) is 14.1. The lowest BCUT2D eigenvalue weighted by molar-refractivity contribution is 0.107. The van der Waals surface area contributed by atoms with Crippen LogP contribution in [0.15, 0.2) is 0 Å². The molecule has 1 heterocycles. The van der Waals surface area contributed by atoms with Crippen LogP contribution in [0.2, 0.25) is 0 Å². The van der Waals surface area contributed by atoms with E-state index in [0.717, 1.165) is 31.4 Å². The Kier molecular flexibility index (Phi) is 3.35. The molecule has 0 bridgehead atoms. The van der Waals surface area contributed by atoms with Crippen molar-refractivity contribution in [3.8, 4) is 0 Å². The van der Waals surface area contributed by atoms with E-state index in [9.17, 15) is 5.11 Å². The van der Waals surface area contributed by atoms with Crippen molar-refractivity contribution < 1.29 is 5.11 Å². The van der Waals surface area contributed by atoms with E-state index in [4.69, 9.17) is 0 Å². The molecule has 0 amide bonds. The van der Waals surface area contributed by atoms with E-state index < -0.39 is 0 Å². The van der Waals surface area contributed by atoms with Gasteiger partial charge in [0.1, 0.15) is 0 Å². The molecule has 84 valence electrons. The molecule has 15 heavy (non-hydrogen) atoms. The predicted molar refractivity (Wildman–Crippen MR) is 67.9 cm³/mol. The second-order valence-corrected chi connectivity index (χ2v) is 5.47. The lowest BCUT2D eigenvalue weighted by atomic mass is 9.93. The van der Waals surface area contributed by atoms with Gasteiger partial charge in [-0.3, -0.25) is 4.68 Å². The van der Waals surface area contributed by atoms with Crippen molar-refractivity contribution in [1.29, 1.82) is 0 Å². The van der Waals surface area contributed by atoms with Gasteiger partial charge in [0.2, 0.25) is 0 Å². The Balaban J connectivity index is 2.19. The maximum atomic E-state index is 9.47. The highest BCUT2D eigenvalue weighted by molar-refractivity contribution is 14.1. The smallest absolute Gasteiger partial charge is 0.0730 e. The number of hydrogen-bond acceptors (Lipinski definition) is 2. The molecule has 2 rings (SSSR count). The summed E-state index contributed by atoms with van der Waals surface area (Å²) in [5.74, 6) is 0. The Morgan fingerprint density at radius 2 is 1.87 bits per heavy atom. The van der Waals surface area contributed by atoms with Gasteiger partial charge >= 0.3 is 0 Å². The van der Waals surface area contributed by atoms with E-state index in [-0.39, 0.29) is 6.10 Å². The van der Waals surface area contributed by atoms with Crippen molar-refractivity contribution in [3.05, 3.63) is 15.0 Å². The van der Waals surface area contributed by atoms with Gasteiger partial charge in [-0.2, -0.15) is 5.10 Å². The summed E-state index contributed by atoms with van der Waals surface area (Å²) in [6, 6.07) is 0.496. The third-order valence-electron chi connectivity index (χ3n) is 3.25. The highest BCUT2D eigenvalue weighted by Gasteiger charge is 2.23. The molecule has 0 spiro atoms. The zero-order valence-corrected chi connectivity index (χ0v) is 11.4. The molecule has 0 atom stereocenters. The largest absolute Gasteiger partial charge is 0.393 e. The van der Waals surface area contributed by atoms with Crippen molar-refractivity contribution in [2.45, 2.75) is 51.7 Å². The summed E-state index contributed by atoms with van der Waals surface area (Å²) in [7, 11) is 0. The summed E-state index contributed by atoms with van der Waals surface area (Å²) in [5.41, 5.74) is 2.40. The Morgan fingerprint density at radius 1 is 1.27 bits per heavy atom. The van der Waals surface area contributed by atoms with Crippen LogP contribution in [-0.4, -0.2) is 21.0 Å². The molecule has 1 saturated carbocycles. The van der Waals surface area contributed by atoms with Crippen molar-refractivity contribution >= 4 is 22.6 Å². The van der Waals surface area contributed by atoms with Gasteiger partial charge in [-0.25, -0.2) is 0 Å². The first-order chi connectivity index (χ1) is 7.09. The van der Waals surface area contributed by atoms with Crippen LogP contribution in [-0.2, 0) is 0 Å². The molecular weight excluding hydrogens is 303 g/mol. The van der Waals surface area contributed by atoms with Gasteiger partial charge < -0.3 is 5.11 Å². The van der Waals surface area contributed by atoms with E-state index in [1.54, 1.807) is 0 Å². The molecule has 4 heteroatoms. The predicted octanol–water partition coefficient (Wildman–Crippen LogP) is 2.58. The van der Waals surface area contributed by atoms with Crippen LogP contribution in [0.1, 0.15) is 43.1 Å². The molecule has 1 aliphatic carbocycles. The second-order valence-electron chi connectivity index (χ2n) is 4.39. The third-order valence-corrected chi connectivity index (χ3v) is 4.81. The number of hydrogen-bond donors (Lipinski definition) is 1. The van der Waals surface area contributed by atoms with Crippen LogP contribution >= 0.6 is 22.6 Å². The summed E-state index contributed by atoms with van der Waals surface area (Å²) in [6.07, 6.45) is 3.86. The van der Waals surface area contributed by atoms with Gasteiger partial charge in [0.25, 0.3) is 0 Å². The van der Waals surface area contributed by atoms with Gasteiger partial charge in [-0.1, -0.05) is 0 Å². The van der Waals surface area contributed by atoms with Gasteiger partial charge in [-0.05, 0) is 62.1 Å². The highest BCUT2D eigenvalue weighted by Crippen LogP contribution is 2.30. The van der Waals surface area contributed by atoms with Crippen molar-refractivity contribution in [2.75, 3.05) is 0 Å². The SMILES string of the molecule is Cc1nn(C2CCC(O)CC2)c(C)c1I.